The van der Waals surface area contributed by atoms with Crippen LogP contribution in [-0.4, -0.2) is 44.4 Å². The number of hydrogen-bond donors (Lipinski definition) is 3. The van der Waals surface area contributed by atoms with E-state index in [0.29, 0.717) is 0 Å². The Morgan fingerprint density at radius 3 is 1.50 bits per heavy atom. The van der Waals surface area contributed by atoms with E-state index >= 15 is 0 Å². The quantitative estimate of drug-likeness (QED) is 0.721. The van der Waals surface area contributed by atoms with Crippen LogP contribution in [0.2, 0.25) is 0 Å². The molecule has 2 rings (SSSR count). The molecule has 0 unspecified atom stereocenters. The Morgan fingerprint density at radius 1 is 0.833 bits per heavy atom. The zero-order chi connectivity index (χ0) is 13.3. The number of aromatic nitrogens is 1. The molecule has 0 spiro atoms. The summed E-state index contributed by atoms with van der Waals surface area (Å²) in [5.74, 6) is 0. The van der Waals surface area contributed by atoms with E-state index in [9.17, 15) is 0 Å². The van der Waals surface area contributed by atoms with Crippen LogP contribution in [0.5, 0.6) is 0 Å². The summed E-state index contributed by atoms with van der Waals surface area (Å²) in [7, 11) is 0. The molecule has 0 bridgehead atoms. The van der Waals surface area contributed by atoms with Crippen LogP contribution in [0.4, 0.5) is 0 Å². The predicted octanol–water partition coefficient (Wildman–Crippen LogP) is 2.02. The number of H-pyrrole nitrogens is 1. The molecule has 0 atom stereocenters. The zero-order valence-corrected chi connectivity index (χ0v) is 11.9. The minimum Gasteiger partial charge on any atom is -0.381 e. The highest BCUT2D eigenvalue weighted by molar-refractivity contribution is 4.84. The highest BCUT2D eigenvalue weighted by atomic mass is 16.5. The summed E-state index contributed by atoms with van der Waals surface area (Å²) in [5.41, 5.74) is 0. The second kappa shape index (κ2) is 16.2. The Hall–Kier alpha value is -0.840. The van der Waals surface area contributed by atoms with E-state index in [1.165, 1.54) is 0 Å². The molecule has 0 aromatic carbocycles. The summed E-state index contributed by atoms with van der Waals surface area (Å²) in [6, 6.07) is 3.89. The lowest BCUT2D eigenvalue weighted by atomic mass is 10.4. The highest BCUT2D eigenvalue weighted by Crippen LogP contribution is 1.81. The number of hydrogen-bond acceptors (Lipinski definition) is 3. The topological polar surface area (TPSA) is 49.1 Å². The number of rotatable bonds is 4. The Kier molecular flexibility index (Phi) is 15.4. The maximum Gasteiger partial charge on any atom is 0.0463 e. The SMILES string of the molecule is C1CNCCN1.CCCOCCC.c1cc[nH]c1. The fraction of sp³-hybridized carbons (Fsp3) is 0.714. The Bertz CT molecular complexity index is 178. The molecule has 0 aliphatic carbocycles. The molecule has 106 valence electrons. The average molecular weight is 255 g/mol. The third-order valence-corrected chi connectivity index (χ3v) is 2.15. The van der Waals surface area contributed by atoms with Crippen molar-refractivity contribution in [3.63, 3.8) is 0 Å². The minimum absolute atomic E-state index is 0.924. The number of piperazine rings is 1. The van der Waals surface area contributed by atoms with E-state index in [2.05, 4.69) is 29.5 Å². The van der Waals surface area contributed by atoms with Crippen LogP contribution < -0.4 is 10.6 Å². The lowest BCUT2D eigenvalue weighted by Crippen LogP contribution is -2.39. The molecular weight excluding hydrogens is 226 g/mol. The largest absolute Gasteiger partial charge is 0.381 e. The first-order valence-corrected chi connectivity index (χ1v) is 6.98. The lowest BCUT2D eigenvalue weighted by molar-refractivity contribution is 0.135. The molecule has 3 N–H and O–H groups in total. The smallest absolute Gasteiger partial charge is 0.0463 e. The Balaban J connectivity index is 0.000000243. The van der Waals surface area contributed by atoms with Gasteiger partial charge in [-0.05, 0) is 25.0 Å². The Labute approximate surface area is 112 Å². The van der Waals surface area contributed by atoms with Crippen LogP contribution >= 0.6 is 0 Å². The van der Waals surface area contributed by atoms with E-state index in [1.54, 1.807) is 0 Å². The van der Waals surface area contributed by atoms with E-state index in [4.69, 9.17) is 4.74 Å². The predicted molar refractivity (Wildman–Crippen MR) is 77.9 cm³/mol. The van der Waals surface area contributed by atoms with Gasteiger partial charge in [0.15, 0.2) is 0 Å². The van der Waals surface area contributed by atoms with Gasteiger partial charge in [0.2, 0.25) is 0 Å². The van der Waals surface area contributed by atoms with Gasteiger partial charge in [-0.2, -0.15) is 0 Å². The molecule has 4 heteroatoms. The number of ether oxygens (including phenoxy) is 1. The van der Waals surface area contributed by atoms with Gasteiger partial charge in [-0.3, -0.25) is 0 Å². The normalized spacial score (nSPS) is 13.9. The molecule has 1 aromatic heterocycles. The molecular formula is C14H29N3O. The third-order valence-electron chi connectivity index (χ3n) is 2.15. The van der Waals surface area contributed by atoms with Gasteiger partial charge in [-0.1, -0.05) is 13.8 Å². The van der Waals surface area contributed by atoms with E-state index in [-0.39, 0.29) is 0 Å². The van der Waals surface area contributed by atoms with E-state index in [0.717, 1.165) is 52.2 Å². The average Bonchev–Trinajstić information content (AvgIpc) is 3.01. The Morgan fingerprint density at radius 2 is 1.28 bits per heavy atom. The van der Waals surface area contributed by atoms with Gasteiger partial charge >= 0.3 is 0 Å². The summed E-state index contributed by atoms with van der Waals surface area (Å²) in [4.78, 5) is 2.86. The van der Waals surface area contributed by atoms with Crippen molar-refractivity contribution in [3.8, 4) is 0 Å². The van der Waals surface area contributed by atoms with Crippen LogP contribution in [0.25, 0.3) is 0 Å². The van der Waals surface area contributed by atoms with Crippen molar-refractivity contribution in [2.45, 2.75) is 26.7 Å². The van der Waals surface area contributed by atoms with Crippen molar-refractivity contribution >= 4 is 0 Å². The monoisotopic (exact) mass is 255 g/mol. The lowest BCUT2D eigenvalue weighted by Gasteiger charge is -2.11. The van der Waals surface area contributed by atoms with Crippen molar-refractivity contribution in [2.75, 3.05) is 39.4 Å². The summed E-state index contributed by atoms with van der Waals surface area (Å²) in [6.45, 7) is 10.6. The number of nitrogens with one attached hydrogen (secondary N) is 3. The summed E-state index contributed by atoms with van der Waals surface area (Å²) >= 11 is 0. The molecule has 1 aliphatic heterocycles. The zero-order valence-electron chi connectivity index (χ0n) is 11.9. The van der Waals surface area contributed by atoms with Crippen molar-refractivity contribution in [1.82, 2.24) is 15.6 Å². The fourth-order valence-corrected chi connectivity index (χ4v) is 1.27. The second-order valence-corrected chi connectivity index (χ2v) is 4.00. The van der Waals surface area contributed by atoms with Crippen LogP contribution in [-0.2, 0) is 4.74 Å². The van der Waals surface area contributed by atoms with Gasteiger partial charge in [-0.25, -0.2) is 0 Å². The summed E-state index contributed by atoms with van der Waals surface area (Å²) in [5, 5.41) is 6.44. The van der Waals surface area contributed by atoms with Gasteiger partial charge in [0, 0.05) is 51.8 Å². The molecule has 18 heavy (non-hydrogen) atoms. The molecule has 0 amide bonds. The highest BCUT2D eigenvalue weighted by Gasteiger charge is 1.91. The summed E-state index contributed by atoms with van der Waals surface area (Å²) in [6.07, 6.45) is 6.03. The van der Waals surface area contributed by atoms with Crippen molar-refractivity contribution in [1.29, 1.82) is 0 Å². The van der Waals surface area contributed by atoms with Crippen molar-refractivity contribution < 1.29 is 4.74 Å². The van der Waals surface area contributed by atoms with Crippen LogP contribution in [0.15, 0.2) is 24.5 Å². The molecule has 4 nitrogen and oxygen atoms in total. The molecule has 1 aliphatic rings. The molecule has 1 fully saturated rings. The molecule has 2 heterocycles. The van der Waals surface area contributed by atoms with Gasteiger partial charge in [0.25, 0.3) is 0 Å². The van der Waals surface area contributed by atoms with Crippen LogP contribution in [0.3, 0.4) is 0 Å². The summed E-state index contributed by atoms with van der Waals surface area (Å²) < 4.78 is 5.13. The second-order valence-electron chi connectivity index (χ2n) is 4.00. The van der Waals surface area contributed by atoms with Crippen LogP contribution in [0, 0.1) is 0 Å². The van der Waals surface area contributed by atoms with Gasteiger partial charge in [0.1, 0.15) is 0 Å². The maximum absolute atomic E-state index is 5.13. The molecule has 0 radical (unpaired) electrons. The minimum atomic E-state index is 0.924. The van der Waals surface area contributed by atoms with E-state index < -0.39 is 0 Å². The van der Waals surface area contributed by atoms with Crippen molar-refractivity contribution in [2.24, 2.45) is 0 Å². The first kappa shape index (κ1) is 17.2. The standard InChI is InChI=1S/C6H14O.C4H10N2.C4H5N/c1-3-5-7-6-4-2;1-2-6-4-3-5-1;1-2-4-5-3-1/h3-6H2,1-2H3;5-6H,1-4H2;1-5H. The maximum atomic E-state index is 5.13. The van der Waals surface area contributed by atoms with Gasteiger partial charge in [-0.15, -0.1) is 0 Å². The molecule has 0 saturated carbocycles. The third kappa shape index (κ3) is 15.2. The van der Waals surface area contributed by atoms with Crippen molar-refractivity contribution in [3.05, 3.63) is 24.5 Å². The van der Waals surface area contributed by atoms with E-state index in [1.807, 2.05) is 24.5 Å². The first-order chi connectivity index (χ1) is 8.91. The fourth-order valence-electron chi connectivity index (χ4n) is 1.27. The van der Waals surface area contributed by atoms with Gasteiger partial charge in [0.05, 0.1) is 0 Å². The number of aromatic amines is 1. The molecule has 1 aromatic rings. The molecule has 1 saturated heterocycles. The first-order valence-electron chi connectivity index (χ1n) is 6.98. The van der Waals surface area contributed by atoms with Crippen LogP contribution in [0.1, 0.15) is 26.7 Å². The van der Waals surface area contributed by atoms with Gasteiger partial charge < -0.3 is 20.4 Å².